The predicted octanol–water partition coefficient (Wildman–Crippen LogP) is 2.09. The normalized spacial score (nSPS) is 19.9. The van der Waals surface area contributed by atoms with Crippen molar-refractivity contribution >= 4 is 33.2 Å². The number of ether oxygens (including phenoxy) is 3. The molecule has 1 atom stereocenters. The number of hydrogen-bond donors (Lipinski definition) is 2. The van der Waals surface area contributed by atoms with Gasteiger partial charge in [0.1, 0.15) is 5.75 Å². The number of fused-ring (bicyclic) bond motifs is 2. The standard InChI is InChI=1S/C22H23N3O7S/c1-13-7-16-18(30-11-21(26)24-16)9-20(13)33(28,29)25-6-2-3-14(10-25)22(27)23-15-4-5-17-19(8-15)32-12-31-17/h4-5,7-9,14H,2-3,6,10-12H2,1H3,(H,23,27)(H,24,26)/t14-/m1/s1. The number of carbonyl (C=O) groups is 2. The molecule has 11 heteroatoms. The highest BCUT2D eigenvalue weighted by Crippen LogP contribution is 2.36. The number of aryl methyl sites for hydroxylation is 1. The molecule has 0 bridgehead atoms. The van der Waals surface area contributed by atoms with Crippen LogP contribution in [0.15, 0.2) is 35.2 Å². The van der Waals surface area contributed by atoms with E-state index in [4.69, 9.17) is 14.2 Å². The third-order valence-corrected chi connectivity index (χ3v) is 7.93. The largest absolute Gasteiger partial charge is 0.482 e. The van der Waals surface area contributed by atoms with Gasteiger partial charge in [0.05, 0.1) is 16.5 Å². The van der Waals surface area contributed by atoms with Crippen LogP contribution < -0.4 is 24.8 Å². The zero-order valence-corrected chi connectivity index (χ0v) is 18.7. The highest BCUT2D eigenvalue weighted by Gasteiger charge is 2.35. The van der Waals surface area contributed by atoms with Crippen LogP contribution in [0, 0.1) is 12.8 Å². The van der Waals surface area contributed by atoms with Crippen molar-refractivity contribution in [1.29, 1.82) is 0 Å². The van der Waals surface area contributed by atoms with E-state index in [2.05, 4.69) is 10.6 Å². The van der Waals surface area contributed by atoms with Crippen molar-refractivity contribution in [3.63, 3.8) is 0 Å². The highest BCUT2D eigenvalue weighted by atomic mass is 32.2. The van der Waals surface area contributed by atoms with Crippen LogP contribution in [-0.4, -0.2) is 51.0 Å². The summed E-state index contributed by atoms with van der Waals surface area (Å²) in [6.07, 6.45) is 1.15. The minimum Gasteiger partial charge on any atom is -0.482 e. The molecule has 3 aliphatic heterocycles. The molecule has 3 aliphatic rings. The Morgan fingerprint density at radius 1 is 1.12 bits per heavy atom. The summed E-state index contributed by atoms with van der Waals surface area (Å²) in [5.74, 6) is 0.459. The molecule has 174 valence electrons. The Kier molecular flexibility index (Phi) is 5.37. The molecular formula is C22H23N3O7S. The quantitative estimate of drug-likeness (QED) is 0.697. The van der Waals surface area contributed by atoms with Gasteiger partial charge in [-0.25, -0.2) is 8.42 Å². The lowest BCUT2D eigenvalue weighted by Crippen LogP contribution is -2.43. The van der Waals surface area contributed by atoms with Gasteiger partial charge in [-0.05, 0) is 43.5 Å². The zero-order chi connectivity index (χ0) is 23.2. The summed E-state index contributed by atoms with van der Waals surface area (Å²) >= 11 is 0. The van der Waals surface area contributed by atoms with Crippen molar-refractivity contribution in [2.75, 3.05) is 37.1 Å². The number of nitrogens with zero attached hydrogens (tertiary/aromatic N) is 1. The molecule has 0 aliphatic carbocycles. The molecule has 0 spiro atoms. The van der Waals surface area contributed by atoms with Crippen molar-refractivity contribution in [2.24, 2.45) is 5.92 Å². The lowest BCUT2D eigenvalue weighted by atomic mass is 9.98. The molecule has 2 amide bonds. The van der Waals surface area contributed by atoms with Crippen LogP contribution in [0.4, 0.5) is 11.4 Å². The SMILES string of the molecule is Cc1cc2c(cc1S(=O)(=O)N1CCC[C@@H](C(=O)Nc3ccc4c(c3)OCO4)C1)OCC(=O)N2. The van der Waals surface area contributed by atoms with Gasteiger partial charge in [-0.15, -0.1) is 0 Å². The van der Waals surface area contributed by atoms with Gasteiger partial charge in [-0.2, -0.15) is 4.31 Å². The predicted molar refractivity (Wildman–Crippen MR) is 118 cm³/mol. The van der Waals surface area contributed by atoms with Gasteiger partial charge in [0.25, 0.3) is 5.91 Å². The molecule has 2 aromatic carbocycles. The maximum Gasteiger partial charge on any atom is 0.262 e. The van der Waals surface area contributed by atoms with Crippen LogP contribution in [0.5, 0.6) is 17.2 Å². The summed E-state index contributed by atoms with van der Waals surface area (Å²) in [5, 5.41) is 5.53. The summed E-state index contributed by atoms with van der Waals surface area (Å²) in [6, 6.07) is 8.16. The van der Waals surface area contributed by atoms with Crippen LogP contribution in [-0.2, 0) is 19.6 Å². The first-order chi connectivity index (χ1) is 15.8. The van der Waals surface area contributed by atoms with E-state index in [1.54, 1.807) is 31.2 Å². The minimum absolute atomic E-state index is 0.0762. The lowest BCUT2D eigenvalue weighted by Gasteiger charge is -2.32. The fraction of sp³-hybridized carbons (Fsp3) is 0.364. The second-order valence-electron chi connectivity index (χ2n) is 8.21. The summed E-state index contributed by atoms with van der Waals surface area (Å²) in [7, 11) is -3.86. The molecule has 1 saturated heterocycles. The number of nitrogens with one attached hydrogen (secondary N) is 2. The number of hydrogen-bond acceptors (Lipinski definition) is 7. The molecule has 0 radical (unpaired) electrons. The smallest absolute Gasteiger partial charge is 0.262 e. The van der Waals surface area contributed by atoms with Gasteiger partial charge >= 0.3 is 0 Å². The van der Waals surface area contributed by atoms with Crippen LogP contribution >= 0.6 is 0 Å². The molecule has 10 nitrogen and oxygen atoms in total. The molecule has 2 aromatic rings. The zero-order valence-electron chi connectivity index (χ0n) is 17.9. The van der Waals surface area contributed by atoms with Gasteiger partial charge in [0, 0.05) is 30.9 Å². The molecular weight excluding hydrogens is 450 g/mol. The van der Waals surface area contributed by atoms with E-state index in [1.807, 2.05) is 0 Å². The number of anilines is 2. The molecule has 2 N–H and O–H groups in total. The first-order valence-corrected chi connectivity index (χ1v) is 12.0. The van der Waals surface area contributed by atoms with E-state index in [0.717, 1.165) is 0 Å². The summed E-state index contributed by atoms with van der Waals surface area (Å²) < 4.78 is 44.2. The van der Waals surface area contributed by atoms with Gasteiger partial charge in [0.2, 0.25) is 22.7 Å². The minimum atomic E-state index is -3.86. The lowest BCUT2D eigenvalue weighted by molar-refractivity contribution is -0.121. The van der Waals surface area contributed by atoms with E-state index in [0.29, 0.717) is 53.6 Å². The van der Waals surface area contributed by atoms with E-state index >= 15 is 0 Å². The van der Waals surface area contributed by atoms with Crippen LogP contribution in [0.2, 0.25) is 0 Å². The maximum atomic E-state index is 13.4. The van der Waals surface area contributed by atoms with Crippen molar-refractivity contribution in [1.82, 2.24) is 4.31 Å². The number of sulfonamides is 1. The number of amides is 2. The topological polar surface area (TPSA) is 123 Å². The number of rotatable bonds is 4. The number of benzene rings is 2. The monoisotopic (exact) mass is 473 g/mol. The van der Waals surface area contributed by atoms with Crippen molar-refractivity contribution in [3.05, 3.63) is 35.9 Å². The maximum absolute atomic E-state index is 13.4. The van der Waals surface area contributed by atoms with Crippen molar-refractivity contribution in [3.8, 4) is 17.2 Å². The fourth-order valence-electron chi connectivity index (χ4n) is 4.23. The first kappa shape index (κ1) is 21.5. The summed E-state index contributed by atoms with van der Waals surface area (Å²) in [6.45, 7) is 2.04. The Morgan fingerprint density at radius 3 is 2.79 bits per heavy atom. The summed E-state index contributed by atoms with van der Waals surface area (Å²) in [4.78, 5) is 24.5. The van der Waals surface area contributed by atoms with E-state index in [-0.39, 0.29) is 36.7 Å². The number of carbonyl (C=O) groups excluding carboxylic acids is 2. The van der Waals surface area contributed by atoms with Crippen molar-refractivity contribution in [2.45, 2.75) is 24.7 Å². The third-order valence-electron chi connectivity index (χ3n) is 5.92. The van der Waals surface area contributed by atoms with Crippen molar-refractivity contribution < 1.29 is 32.2 Å². The summed E-state index contributed by atoms with van der Waals surface area (Å²) in [5.41, 5.74) is 1.50. The van der Waals surface area contributed by atoms with Gasteiger partial charge in [-0.3, -0.25) is 9.59 Å². The highest BCUT2D eigenvalue weighted by molar-refractivity contribution is 7.89. The van der Waals surface area contributed by atoms with Crippen LogP contribution in [0.3, 0.4) is 0 Å². The first-order valence-electron chi connectivity index (χ1n) is 10.6. The Morgan fingerprint density at radius 2 is 1.94 bits per heavy atom. The molecule has 5 rings (SSSR count). The average molecular weight is 474 g/mol. The van der Waals surface area contributed by atoms with Gasteiger partial charge in [0.15, 0.2) is 18.1 Å². The van der Waals surface area contributed by atoms with Crippen LogP contribution in [0.1, 0.15) is 18.4 Å². The van der Waals surface area contributed by atoms with Gasteiger partial charge < -0.3 is 24.8 Å². The average Bonchev–Trinajstić information content (AvgIpc) is 3.26. The van der Waals surface area contributed by atoms with Gasteiger partial charge in [-0.1, -0.05) is 0 Å². The molecule has 1 fully saturated rings. The Bertz CT molecular complexity index is 1240. The van der Waals surface area contributed by atoms with Crippen LogP contribution in [0.25, 0.3) is 0 Å². The molecule has 0 saturated carbocycles. The Labute approximate surface area is 190 Å². The molecule has 0 unspecified atom stereocenters. The van der Waals surface area contributed by atoms with E-state index < -0.39 is 15.9 Å². The second-order valence-corrected chi connectivity index (χ2v) is 10.1. The van der Waals surface area contributed by atoms with E-state index in [9.17, 15) is 18.0 Å². The molecule has 0 aromatic heterocycles. The fourth-order valence-corrected chi connectivity index (χ4v) is 5.97. The third kappa shape index (κ3) is 4.09. The Balaban J connectivity index is 1.33. The van der Waals surface area contributed by atoms with E-state index in [1.165, 1.54) is 10.4 Å². The molecule has 3 heterocycles. The molecule has 33 heavy (non-hydrogen) atoms. The Hall–Kier alpha value is -3.31. The number of piperidine rings is 1. The second kappa shape index (κ2) is 8.23.